The topological polar surface area (TPSA) is 55.1 Å². The van der Waals surface area contributed by atoms with Gasteiger partial charge in [0.1, 0.15) is 11.1 Å². The Labute approximate surface area is 178 Å². The third-order valence-electron chi connectivity index (χ3n) is 5.03. The molecule has 1 aromatic heterocycles. The van der Waals surface area contributed by atoms with E-state index in [2.05, 4.69) is 10.3 Å². The molecule has 0 aliphatic heterocycles. The lowest BCUT2D eigenvalue weighted by Crippen LogP contribution is -2.19. The van der Waals surface area contributed by atoms with Crippen LogP contribution in [0.5, 0.6) is 0 Å². The summed E-state index contributed by atoms with van der Waals surface area (Å²) in [4.78, 5) is 16.8. The van der Waals surface area contributed by atoms with E-state index in [9.17, 15) is 26.7 Å². The highest BCUT2D eigenvalue weighted by Gasteiger charge is 2.30. The Hall–Kier alpha value is -3.75. The zero-order valence-electron chi connectivity index (χ0n) is 16.8. The van der Waals surface area contributed by atoms with Gasteiger partial charge in [0, 0.05) is 11.3 Å². The molecule has 0 fully saturated rings. The summed E-state index contributed by atoms with van der Waals surface area (Å²) >= 11 is 0. The standard InChI is InChI=1S/C23H15F5N2O2/c1-3-11-5-7-15-14(8-11)30-23(32-15)12-6-4-10(2)13(9-12)29-22(31)16-17(24)19(26)21(28)20(27)18(16)25/h4-9H,3H2,1-2H3,(H,29,31). The molecule has 0 atom stereocenters. The van der Waals surface area contributed by atoms with Crippen LogP contribution in [0.4, 0.5) is 27.6 Å². The molecule has 0 saturated heterocycles. The number of hydrogen-bond acceptors (Lipinski definition) is 3. The number of benzene rings is 3. The number of nitrogens with one attached hydrogen (secondary N) is 1. The van der Waals surface area contributed by atoms with Crippen LogP contribution < -0.4 is 5.32 Å². The lowest BCUT2D eigenvalue weighted by Gasteiger charge is -2.12. The van der Waals surface area contributed by atoms with Crippen LogP contribution >= 0.6 is 0 Å². The van der Waals surface area contributed by atoms with E-state index in [1.54, 1.807) is 25.1 Å². The van der Waals surface area contributed by atoms with Gasteiger partial charge in [0.25, 0.3) is 5.91 Å². The molecule has 1 amide bonds. The summed E-state index contributed by atoms with van der Waals surface area (Å²) in [6.07, 6.45) is 0.816. The lowest BCUT2D eigenvalue weighted by atomic mass is 10.1. The van der Waals surface area contributed by atoms with Gasteiger partial charge in [-0.1, -0.05) is 19.1 Å². The van der Waals surface area contributed by atoms with Crippen molar-refractivity contribution >= 4 is 22.7 Å². The first-order chi connectivity index (χ1) is 15.2. The highest BCUT2D eigenvalue weighted by Crippen LogP contribution is 2.30. The molecule has 1 heterocycles. The summed E-state index contributed by atoms with van der Waals surface area (Å²) in [6.45, 7) is 3.60. The van der Waals surface area contributed by atoms with Crippen LogP contribution in [-0.4, -0.2) is 10.9 Å². The van der Waals surface area contributed by atoms with Crippen molar-refractivity contribution in [2.45, 2.75) is 20.3 Å². The second-order valence-electron chi connectivity index (χ2n) is 7.10. The van der Waals surface area contributed by atoms with Crippen LogP contribution in [0.1, 0.15) is 28.4 Å². The van der Waals surface area contributed by atoms with Gasteiger partial charge in [-0.05, 0) is 48.7 Å². The zero-order valence-corrected chi connectivity index (χ0v) is 16.8. The quantitative estimate of drug-likeness (QED) is 0.227. The van der Waals surface area contributed by atoms with Crippen molar-refractivity contribution < 1.29 is 31.2 Å². The Morgan fingerprint density at radius 2 is 1.59 bits per heavy atom. The van der Waals surface area contributed by atoms with E-state index in [-0.39, 0.29) is 11.6 Å². The number of fused-ring (bicyclic) bond motifs is 1. The molecule has 0 aliphatic rings. The lowest BCUT2D eigenvalue weighted by molar-refractivity contribution is 0.101. The number of amides is 1. The Balaban J connectivity index is 1.71. The van der Waals surface area contributed by atoms with E-state index in [1.165, 1.54) is 6.07 Å². The number of aryl methyl sites for hydroxylation is 2. The van der Waals surface area contributed by atoms with Gasteiger partial charge in [-0.25, -0.2) is 26.9 Å². The smallest absolute Gasteiger partial charge is 0.261 e. The van der Waals surface area contributed by atoms with E-state index in [4.69, 9.17) is 4.42 Å². The maximum atomic E-state index is 14.0. The molecule has 3 aromatic carbocycles. The van der Waals surface area contributed by atoms with Crippen LogP contribution in [0.3, 0.4) is 0 Å². The molecule has 0 unspecified atom stereocenters. The first-order valence-corrected chi connectivity index (χ1v) is 9.54. The predicted molar refractivity (Wildman–Crippen MR) is 108 cm³/mol. The summed E-state index contributed by atoms with van der Waals surface area (Å²) in [7, 11) is 0. The van der Waals surface area contributed by atoms with Gasteiger partial charge >= 0.3 is 0 Å². The molecule has 0 saturated carbocycles. The number of anilines is 1. The molecule has 164 valence electrons. The number of nitrogens with zero attached hydrogens (tertiary/aromatic N) is 1. The van der Waals surface area contributed by atoms with Gasteiger partial charge in [0.05, 0.1) is 0 Å². The SMILES string of the molecule is CCc1ccc2oc(-c3ccc(C)c(NC(=O)c4c(F)c(F)c(F)c(F)c4F)c3)nc2c1. The van der Waals surface area contributed by atoms with Crippen molar-refractivity contribution in [3.8, 4) is 11.5 Å². The summed E-state index contributed by atoms with van der Waals surface area (Å²) in [5.41, 5.74) is 1.69. The second-order valence-corrected chi connectivity index (χ2v) is 7.10. The molecule has 4 nitrogen and oxygen atoms in total. The van der Waals surface area contributed by atoms with E-state index < -0.39 is 40.6 Å². The highest BCUT2D eigenvalue weighted by molar-refractivity contribution is 6.05. The summed E-state index contributed by atoms with van der Waals surface area (Å²) in [5, 5.41) is 2.20. The number of aromatic nitrogens is 1. The monoisotopic (exact) mass is 446 g/mol. The predicted octanol–water partition coefficient (Wildman–Crippen LogP) is 6.31. The van der Waals surface area contributed by atoms with Crippen molar-refractivity contribution in [1.29, 1.82) is 0 Å². The van der Waals surface area contributed by atoms with Crippen molar-refractivity contribution in [1.82, 2.24) is 4.98 Å². The van der Waals surface area contributed by atoms with E-state index >= 15 is 0 Å². The van der Waals surface area contributed by atoms with Gasteiger partial charge in [0.15, 0.2) is 28.9 Å². The number of carbonyl (C=O) groups excluding carboxylic acids is 1. The van der Waals surface area contributed by atoms with E-state index in [1.807, 2.05) is 19.1 Å². The maximum Gasteiger partial charge on any atom is 0.261 e. The van der Waals surface area contributed by atoms with Gasteiger partial charge in [0.2, 0.25) is 11.7 Å². The van der Waals surface area contributed by atoms with Gasteiger partial charge < -0.3 is 9.73 Å². The molecule has 0 aliphatic carbocycles. The van der Waals surface area contributed by atoms with Crippen LogP contribution in [0, 0.1) is 36.0 Å². The third-order valence-corrected chi connectivity index (χ3v) is 5.03. The van der Waals surface area contributed by atoms with E-state index in [0.717, 1.165) is 12.0 Å². The summed E-state index contributed by atoms with van der Waals surface area (Å²) < 4.78 is 73.9. The van der Waals surface area contributed by atoms with Crippen molar-refractivity contribution in [2.24, 2.45) is 0 Å². The number of rotatable bonds is 4. The molecule has 9 heteroatoms. The molecule has 4 rings (SSSR count). The average Bonchev–Trinajstić information content (AvgIpc) is 3.21. The normalized spacial score (nSPS) is 11.2. The van der Waals surface area contributed by atoms with Gasteiger partial charge in [-0.3, -0.25) is 4.79 Å². The van der Waals surface area contributed by atoms with Crippen molar-refractivity contribution in [3.05, 3.63) is 82.2 Å². The first-order valence-electron chi connectivity index (χ1n) is 9.54. The summed E-state index contributed by atoms with van der Waals surface area (Å²) in [5.74, 6) is -12.4. The molecular weight excluding hydrogens is 431 g/mol. The fraction of sp³-hybridized carbons (Fsp3) is 0.130. The number of hydrogen-bond donors (Lipinski definition) is 1. The zero-order chi connectivity index (χ0) is 23.2. The Kier molecular flexibility index (Phi) is 5.41. The van der Waals surface area contributed by atoms with Crippen molar-refractivity contribution in [2.75, 3.05) is 5.32 Å². The number of halogens is 5. The molecule has 1 N–H and O–H groups in total. The van der Waals surface area contributed by atoms with Crippen LogP contribution in [0.2, 0.25) is 0 Å². The van der Waals surface area contributed by atoms with Crippen LogP contribution in [0.15, 0.2) is 40.8 Å². The molecule has 4 aromatic rings. The van der Waals surface area contributed by atoms with E-state index in [0.29, 0.717) is 22.2 Å². The average molecular weight is 446 g/mol. The first kappa shape index (κ1) is 21.5. The maximum absolute atomic E-state index is 14.0. The minimum Gasteiger partial charge on any atom is -0.436 e. The number of carbonyl (C=O) groups is 1. The Bertz CT molecular complexity index is 1350. The van der Waals surface area contributed by atoms with Gasteiger partial charge in [-0.15, -0.1) is 0 Å². The van der Waals surface area contributed by atoms with Crippen molar-refractivity contribution in [3.63, 3.8) is 0 Å². The minimum absolute atomic E-state index is 0.0907. The van der Waals surface area contributed by atoms with Gasteiger partial charge in [-0.2, -0.15) is 0 Å². The van der Waals surface area contributed by atoms with Crippen LogP contribution in [0.25, 0.3) is 22.6 Å². The molecule has 0 spiro atoms. The largest absolute Gasteiger partial charge is 0.436 e. The Morgan fingerprint density at radius 3 is 2.25 bits per heavy atom. The molecule has 0 radical (unpaired) electrons. The highest BCUT2D eigenvalue weighted by atomic mass is 19.2. The number of oxazole rings is 1. The summed E-state index contributed by atoms with van der Waals surface area (Å²) in [6, 6.07) is 10.3. The molecule has 32 heavy (non-hydrogen) atoms. The minimum atomic E-state index is -2.34. The fourth-order valence-corrected chi connectivity index (χ4v) is 3.20. The Morgan fingerprint density at radius 1 is 0.938 bits per heavy atom. The second kappa shape index (κ2) is 8.07. The van der Waals surface area contributed by atoms with Crippen LogP contribution in [-0.2, 0) is 6.42 Å². The molecular formula is C23H15F5N2O2. The fourth-order valence-electron chi connectivity index (χ4n) is 3.20. The third kappa shape index (κ3) is 3.59. The molecule has 0 bridgehead atoms.